The first-order chi connectivity index (χ1) is 8.58. The van der Waals surface area contributed by atoms with Crippen LogP contribution in [0.1, 0.15) is 20.4 Å². The minimum Gasteiger partial charge on any atom is -0.491 e. The average Bonchev–Trinajstić information content (AvgIpc) is 2.86. The van der Waals surface area contributed by atoms with Crippen LogP contribution < -0.4 is 4.74 Å². The Bertz CT molecular complexity index is 559. The lowest BCUT2D eigenvalue weighted by Gasteiger charge is -2.05. The maximum atomic E-state index is 11.0. The van der Waals surface area contributed by atoms with Gasteiger partial charge in [0, 0.05) is 30.7 Å². The summed E-state index contributed by atoms with van der Waals surface area (Å²) in [5.41, 5.74) is 0. The fraction of sp³-hybridized carbons (Fsp3) is 0.333. The maximum absolute atomic E-state index is 11.0. The van der Waals surface area contributed by atoms with Gasteiger partial charge in [-0.3, -0.25) is 0 Å². The molecule has 0 aliphatic rings. The molecule has 0 amide bonds. The van der Waals surface area contributed by atoms with E-state index < -0.39 is 5.97 Å². The van der Waals surface area contributed by atoms with Gasteiger partial charge in [-0.15, -0.1) is 11.3 Å². The standard InChI is InChI=1S/C12H14N2O3S/c1-8-7-9(11(18-8)12(15)16)17-6-3-10-13-4-5-14(10)2/h4-5,7H,3,6H2,1-2H3,(H,15,16). The number of hydrogen-bond acceptors (Lipinski definition) is 4. The van der Waals surface area contributed by atoms with E-state index in [1.807, 2.05) is 24.7 Å². The summed E-state index contributed by atoms with van der Waals surface area (Å²) >= 11 is 1.23. The van der Waals surface area contributed by atoms with E-state index in [-0.39, 0.29) is 4.88 Å². The number of rotatable bonds is 5. The molecule has 0 unspecified atom stereocenters. The van der Waals surface area contributed by atoms with E-state index in [4.69, 9.17) is 9.84 Å². The lowest BCUT2D eigenvalue weighted by Crippen LogP contribution is -2.07. The van der Waals surface area contributed by atoms with E-state index in [2.05, 4.69) is 4.98 Å². The largest absolute Gasteiger partial charge is 0.491 e. The van der Waals surface area contributed by atoms with E-state index in [1.54, 1.807) is 12.3 Å². The minimum atomic E-state index is -0.944. The van der Waals surface area contributed by atoms with Crippen molar-refractivity contribution < 1.29 is 14.6 Å². The summed E-state index contributed by atoms with van der Waals surface area (Å²) in [5, 5.41) is 9.02. The molecule has 2 aromatic heterocycles. The number of ether oxygens (including phenoxy) is 1. The molecule has 18 heavy (non-hydrogen) atoms. The Labute approximate surface area is 109 Å². The number of thiophene rings is 1. The van der Waals surface area contributed by atoms with Crippen molar-refractivity contribution in [3.63, 3.8) is 0 Å². The van der Waals surface area contributed by atoms with Gasteiger partial charge in [0.2, 0.25) is 0 Å². The summed E-state index contributed by atoms with van der Waals surface area (Å²) in [6.07, 6.45) is 4.25. The zero-order valence-corrected chi connectivity index (χ0v) is 11.0. The highest BCUT2D eigenvalue weighted by Crippen LogP contribution is 2.28. The summed E-state index contributed by atoms with van der Waals surface area (Å²) in [6, 6.07) is 1.76. The molecule has 2 rings (SSSR count). The molecule has 0 radical (unpaired) electrons. The number of imidazole rings is 1. The van der Waals surface area contributed by atoms with Gasteiger partial charge in [-0.1, -0.05) is 0 Å². The number of carbonyl (C=O) groups is 1. The van der Waals surface area contributed by atoms with Crippen LogP contribution in [-0.4, -0.2) is 27.2 Å². The van der Waals surface area contributed by atoms with Crippen LogP contribution in [0.4, 0.5) is 0 Å². The van der Waals surface area contributed by atoms with Crippen molar-refractivity contribution in [1.29, 1.82) is 0 Å². The first kappa shape index (κ1) is 12.6. The molecule has 2 heterocycles. The Hall–Kier alpha value is -1.82. The molecule has 0 aromatic carbocycles. The first-order valence-corrected chi connectivity index (χ1v) is 6.32. The van der Waals surface area contributed by atoms with Gasteiger partial charge in [0.1, 0.15) is 11.6 Å². The fourth-order valence-corrected chi connectivity index (χ4v) is 2.43. The second-order valence-electron chi connectivity index (χ2n) is 3.91. The highest BCUT2D eigenvalue weighted by atomic mass is 32.1. The van der Waals surface area contributed by atoms with Gasteiger partial charge >= 0.3 is 5.97 Å². The molecule has 6 heteroatoms. The van der Waals surface area contributed by atoms with Gasteiger partial charge in [-0.05, 0) is 13.0 Å². The Balaban J connectivity index is 1.98. The minimum absolute atomic E-state index is 0.257. The molecule has 0 atom stereocenters. The zero-order valence-electron chi connectivity index (χ0n) is 10.2. The van der Waals surface area contributed by atoms with Gasteiger partial charge in [0.15, 0.2) is 4.88 Å². The summed E-state index contributed by atoms with van der Waals surface area (Å²) in [6.45, 7) is 2.28. The molecule has 0 saturated carbocycles. The van der Waals surface area contributed by atoms with E-state index in [9.17, 15) is 4.79 Å². The van der Waals surface area contributed by atoms with Crippen molar-refractivity contribution in [3.05, 3.63) is 34.0 Å². The predicted molar refractivity (Wildman–Crippen MR) is 68.4 cm³/mol. The van der Waals surface area contributed by atoms with Gasteiger partial charge in [-0.2, -0.15) is 0 Å². The van der Waals surface area contributed by atoms with Gasteiger partial charge in [0.25, 0.3) is 0 Å². The van der Waals surface area contributed by atoms with Crippen LogP contribution in [0.25, 0.3) is 0 Å². The monoisotopic (exact) mass is 266 g/mol. The molecular formula is C12H14N2O3S. The number of aromatic nitrogens is 2. The molecule has 2 aromatic rings. The van der Waals surface area contributed by atoms with E-state index in [0.717, 1.165) is 10.7 Å². The van der Waals surface area contributed by atoms with Crippen molar-refractivity contribution in [2.24, 2.45) is 7.05 Å². The van der Waals surface area contributed by atoms with Crippen LogP contribution in [0.3, 0.4) is 0 Å². The topological polar surface area (TPSA) is 64.4 Å². The summed E-state index contributed by atoms with van der Waals surface area (Å²) in [7, 11) is 1.92. The van der Waals surface area contributed by atoms with Crippen LogP contribution in [0.2, 0.25) is 0 Å². The predicted octanol–water partition coefficient (Wildman–Crippen LogP) is 2.11. The Morgan fingerprint density at radius 1 is 1.61 bits per heavy atom. The van der Waals surface area contributed by atoms with Gasteiger partial charge < -0.3 is 14.4 Å². The third-order valence-corrected chi connectivity index (χ3v) is 3.54. The second-order valence-corrected chi connectivity index (χ2v) is 5.16. The molecule has 0 saturated heterocycles. The van der Waals surface area contributed by atoms with Crippen LogP contribution in [0.15, 0.2) is 18.5 Å². The SMILES string of the molecule is Cc1cc(OCCc2nccn2C)c(C(=O)O)s1. The van der Waals surface area contributed by atoms with Crippen molar-refractivity contribution in [1.82, 2.24) is 9.55 Å². The smallest absolute Gasteiger partial charge is 0.349 e. The highest BCUT2D eigenvalue weighted by Gasteiger charge is 2.15. The van der Waals surface area contributed by atoms with Crippen LogP contribution in [0.5, 0.6) is 5.75 Å². The van der Waals surface area contributed by atoms with Crippen LogP contribution >= 0.6 is 11.3 Å². The average molecular weight is 266 g/mol. The molecule has 0 aliphatic heterocycles. The maximum Gasteiger partial charge on any atom is 0.349 e. The van der Waals surface area contributed by atoms with Gasteiger partial charge in [-0.25, -0.2) is 9.78 Å². The quantitative estimate of drug-likeness (QED) is 0.900. The first-order valence-electron chi connectivity index (χ1n) is 5.50. The molecule has 1 N–H and O–H groups in total. The second kappa shape index (κ2) is 5.22. The zero-order chi connectivity index (χ0) is 13.1. The Morgan fingerprint density at radius 2 is 2.39 bits per heavy atom. The normalized spacial score (nSPS) is 10.6. The molecule has 0 spiro atoms. The van der Waals surface area contributed by atoms with Crippen molar-refractivity contribution in [2.75, 3.05) is 6.61 Å². The van der Waals surface area contributed by atoms with Crippen molar-refractivity contribution in [2.45, 2.75) is 13.3 Å². The number of nitrogens with zero attached hydrogens (tertiary/aromatic N) is 2. The number of hydrogen-bond donors (Lipinski definition) is 1. The van der Waals surface area contributed by atoms with Gasteiger partial charge in [0.05, 0.1) is 6.61 Å². The number of carboxylic acids is 1. The van der Waals surface area contributed by atoms with Crippen LogP contribution in [-0.2, 0) is 13.5 Å². The summed E-state index contributed by atoms with van der Waals surface area (Å²) in [5.74, 6) is 0.415. The summed E-state index contributed by atoms with van der Waals surface area (Å²) in [4.78, 5) is 16.4. The molecule has 5 nitrogen and oxygen atoms in total. The van der Waals surface area contributed by atoms with E-state index in [1.165, 1.54) is 11.3 Å². The van der Waals surface area contributed by atoms with Crippen LogP contribution in [0, 0.1) is 6.92 Å². The fourth-order valence-electron chi connectivity index (χ4n) is 1.64. The highest BCUT2D eigenvalue weighted by molar-refractivity contribution is 7.14. The van der Waals surface area contributed by atoms with E-state index in [0.29, 0.717) is 18.8 Å². The molecule has 96 valence electrons. The lowest BCUT2D eigenvalue weighted by atomic mass is 10.4. The third-order valence-electron chi connectivity index (χ3n) is 2.52. The number of carboxylic acid groups (broad SMARTS) is 1. The molecule has 0 bridgehead atoms. The third kappa shape index (κ3) is 2.70. The molecular weight excluding hydrogens is 252 g/mol. The van der Waals surface area contributed by atoms with E-state index >= 15 is 0 Å². The van der Waals surface area contributed by atoms with Crippen molar-refractivity contribution in [3.8, 4) is 5.75 Å². The number of aryl methyl sites for hydroxylation is 2. The lowest BCUT2D eigenvalue weighted by molar-refractivity contribution is 0.0698. The number of aromatic carboxylic acids is 1. The summed E-state index contributed by atoms with van der Waals surface area (Å²) < 4.78 is 7.44. The molecule has 0 aliphatic carbocycles. The Morgan fingerprint density at radius 3 is 3.00 bits per heavy atom. The Kier molecular flexibility index (Phi) is 3.66. The molecule has 0 fully saturated rings. The van der Waals surface area contributed by atoms with Crippen molar-refractivity contribution >= 4 is 17.3 Å².